The molecule has 0 amide bonds. The third kappa shape index (κ3) is 2.46. The molecular formula is C14H16F3NO. The highest BCUT2D eigenvalue weighted by molar-refractivity contribution is 5.67. The molecule has 0 spiro atoms. The number of alkyl halides is 3. The van der Waals surface area contributed by atoms with Crippen molar-refractivity contribution < 1.29 is 18.0 Å². The fourth-order valence-corrected chi connectivity index (χ4v) is 2.70. The number of carbonyl (C=O) groups is 1. The van der Waals surface area contributed by atoms with Crippen LogP contribution in [0.15, 0.2) is 18.2 Å². The van der Waals surface area contributed by atoms with Crippen LogP contribution in [0.1, 0.15) is 37.3 Å². The minimum atomic E-state index is -4.38. The van der Waals surface area contributed by atoms with Crippen molar-refractivity contribution >= 4 is 12.0 Å². The van der Waals surface area contributed by atoms with E-state index in [0.717, 1.165) is 6.07 Å². The molecule has 0 aliphatic carbocycles. The van der Waals surface area contributed by atoms with E-state index >= 15 is 0 Å². The number of rotatable bonds is 3. The molecular weight excluding hydrogens is 255 g/mol. The van der Waals surface area contributed by atoms with Gasteiger partial charge in [-0.05, 0) is 31.5 Å². The smallest absolute Gasteiger partial charge is 0.368 e. The molecule has 0 fully saturated rings. The van der Waals surface area contributed by atoms with E-state index in [1.807, 2.05) is 18.7 Å². The normalized spacial score (nSPS) is 18.8. The van der Waals surface area contributed by atoms with Gasteiger partial charge in [-0.3, -0.25) is 0 Å². The number of hydrogen-bond acceptors (Lipinski definition) is 2. The second-order valence-corrected chi connectivity index (χ2v) is 5.08. The van der Waals surface area contributed by atoms with E-state index in [-0.39, 0.29) is 23.9 Å². The summed E-state index contributed by atoms with van der Waals surface area (Å²) >= 11 is 0. The Bertz CT molecular complexity index is 482. The first-order chi connectivity index (χ1) is 8.86. The van der Waals surface area contributed by atoms with Crippen molar-refractivity contribution in [3.05, 3.63) is 29.3 Å². The van der Waals surface area contributed by atoms with Gasteiger partial charge in [0, 0.05) is 30.6 Å². The standard InChI is InChI=1S/C14H16F3NO/c1-9(2)18-8-10(6-7-19)13-11(14(15,16)17)4-3-5-12(13)18/h3-5,7,9-10H,6,8H2,1-2H3. The average molecular weight is 271 g/mol. The number of hydrogen-bond donors (Lipinski definition) is 0. The van der Waals surface area contributed by atoms with Crippen molar-refractivity contribution in [2.45, 2.75) is 38.4 Å². The minimum Gasteiger partial charge on any atom is -0.368 e. The van der Waals surface area contributed by atoms with Crippen LogP contribution in [0, 0.1) is 0 Å². The molecule has 0 saturated heterocycles. The first-order valence-electron chi connectivity index (χ1n) is 6.26. The van der Waals surface area contributed by atoms with Gasteiger partial charge in [0.15, 0.2) is 0 Å². The van der Waals surface area contributed by atoms with E-state index in [0.29, 0.717) is 18.5 Å². The van der Waals surface area contributed by atoms with Crippen molar-refractivity contribution in [1.82, 2.24) is 0 Å². The van der Waals surface area contributed by atoms with Crippen LogP contribution in [-0.4, -0.2) is 18.9 Å². The van der Waals surface area contributed by atoms with Crippen molar-refractivity contribution in [3.63, 3.8) is 0 Å². The van der Waals surface area contributed by atoms with Crippen molar-refractivity contribution in [3.8, 4) is 0 Å². The van der Waals surface area contributed by atoms with Gasteiger partial charge in [0.1, 0.15) is 6.29 Å². The molecule has 0 N–H and O–H groups in total. The fraction of sp³-hybridized carbons (Fsp3) is 0.500. The number of halogens is 3. The lowest BCUT2D eigenvalue weighted by molar-refractivity contribution is -0.138. The number of carbonyl (C=O) groups excluding carboxylic acids is 1. The van der Waals surface area contributed by atoms with Gasteiger partial charge < -0.3 is 9.69 Å². The minimum absolute atomic E-state index is 0.110. The lowest BCUT2D eigenvalue weighted by Crippen LogP contribution is -2.29. The van der Waals surface area contributed by atoms with Crippen LogP contribution in [0.4, 0.5) is 18.9 Å². The fourth-order valence-electron chi connectivity index (χ4n) is 2.70. The maximum atomic E-state index is 13.1. The van der Waals surface area contributed by atoms with Gasteiger partial charge in [-0.1, -0.05) is 6.07 Å². The zero-order valence-electron chi connectivity index (χ0n) is 10.9. The van der Waals surface area contributed by atoms with Crippen LogP contribution < -0.4 is 4.90 Å². The summed E-state index contributed by atoms with van der Waals surface area (Å²) in [5, 5.41) is 0. The molecule has 0 bridgehead atoms. The molecule has 0 aromatic heterocycles. The van der Waals surface area contributed by atoms with E-state index in [4.69, 9.17) is 0 Å². The van der Waals surface area contributed by atoms with Crippen LogP contribution in [0.5, 0.6) is 0 Å². The van der Waals surface area contributed by atoms with Gasteiger partial charge in [-0.15, -0.1) is 0 Å². The van der Waals surface area contributed by atoms with Crippen LogP contribution in [-0.2, 0) is 11.0 Å². The first-order valence-corrected chi connectivity index (χ1v) is 6.26. The number of nitrogens with zero attached hydrogens (tertiary/aromatic N) is 1. The molecule has 1 aromatic rings. The van der Waals surface area contributed by atoms with E-state index in [2.05, 4.69) is 0 Å². The van der Waals surface area contributed by atoms with Gasteiger partial charge in [-0.2, -0.15) is 13.2 Å². The Morgan fingerprint density at radius 1 is 1.42 bits per heavy atom. The Balaban J connectivity index is 2.56. The molecule has 1 aliphatic heterocycles. The monoisotopic (exact) mass is 271 g/mol. The summed E-state index contributed by atoms with van der Waals surface area (Å²) in [5.41, 5.74) is 0.271. The summed E-state index contributed by atoms with van der Waals surface area (Å²) in [5.74, 6) is -0.368. The summed E-state index contributed by atoms with van der Waals surface area (Å²) in [7, 11) is 0. The Kier molecular flexibility index (Phi) is 3.56. The highest BCUT2D eigenvalue weighted by Crippen LogP contribution is 2.45. The summed E-state index contributed by atoms with van der Waals surface area (Å²) in [6.07, 6.45) is -3.55. The molecule has 19 heavy (non-hydrogen) atoms. The predicted molar refractivity (Wildman–Crippen MR) is 67.3 cm³/mol. The average Bonchev–Trinajstić information content (AvgIpc) is 2.67. The van der Waals surface area contributed by atoms with Crippen LogP contribution in [0.2, 0.25) is 0 Å². The lowest BCUT2D eigenvalue weighted by Gasteiger charge is -2.24. The predicted octanol–water partition coefficient (Wildman–Crippen LogP) is 3.61. The van der Waals surface area contributed by atoms with Crippen LogP contribution in [0.25, 0.3) is 0 Å². The van der Waals surface area contributed by atoms with Crippen LogP contribution in [0.3, 0.4) is 0 Å². The van der Waals surface area contributed by atoms with Crippen molar-refractivity contribution in [2.24, 2.45) is 0 Å². The molecule has 1 heterocycles. The summed E-state index contributed by atoms with van der Waals surface area (Å²) in [4.78, 5) is 12.6. The topological polar surface area (TPSA) is 20.3 Å². The molecule has 0 saturated carbocycles. The van der Waals surface area contributed by atoms with E-state index in [1.165, 1.54) is 6.07 Å². The maximum Gasteiger partial charge on any atom is 0.416 e. The van der Waals surface area contributed by atoms with E-state index in [1.54, 1.807) is 6.07 Å². The van der Waals surface area contributed by atoms with Gasteiger partial charge in [-0.25, -0.2) is 0 Å². The second kappa shape index (κ2) is 4.87. The van der Waals surface area contributed by atoms with Gasteiger partial charge in [0.05, 0.1) is 5.56 Å². The van der Waals surface area contributed by atoms with E-state index < -0.39 is 11.7 Å². The number of aldehydes is 1. The molecule has 5 heteroatoms. The molecule has 1 unspecified atom stereocenters. The van der Waals surface area contributed by atoms with Crippen molar-refractivity contribution in [2.75, 3.05) is 11.4 Å². The Morgan fingerprint density at radius 2 is 2.11 bits per heavy atom. The molecule has 2 nitrogen and oxygen atoms in total. The molecule has 0 radical (unpaired) electrons. The molecule has 1 aliphatic rings. The summed E-state index contributed by atoms with van der Waals surface area (Å²) < 4.78 is 39.2. The molecule has 1 aromatic carbocycles. The molecule has 2 rings (SSSR count). The number of anilines is 1. The summed E-state index contributed by atoms with van der Waals surface area (Å²) in [6.45, 7) is 4.35. The quantitative estimate of drug-likeness (QED) is 0.783. The highest BCUT2D eigenvalue weighted by Gasteiger charge is 2.40. The van der Waals surface area contributed by atoms with E-state index in [9.17, 15) is 18.0 Å². The van der Waals surface area contributed by atoms with Gasteiger partial charge in [0.2, 0.25) is 0 Å². The second-order valence-electron chi connectivity index (χ2n) is 5.08. The Hall–Kier alpha value is -1.52. The van der Waals surface area contributed by atoms with Gasteiger partial charge >= 0.3 is 6.18 Å². The lowest BCUT2D eigenvalue weighted by atomic mass is 9.93. The maximum absolute atomic E-state index is 13.1. The zero-order valence-corrected chi connectivity index (χ0v) is 10.9. The first kappa shape index (κ1) is 13.9. The third-order valence-electron chi connectivity index (χ3n) is 3.53. The number of fused-ring (bicyclic) bond motifs is 1. The summed E-state index contributed by atoms with van der Waals surface area (Å²) in [6, 6.07) is 4.34. The SMILES string of the molecule is CC(C)N1CC(CC=O)c2c1cccc2C(F)(F)F. The van der Waals surface area contributed by atoms with Crippen molar-refractivity contribution in [1.29, 1.82) is 0 Å². The Labute approximate surface area is 110 Å². The Morgan fingerprint density at radius 3 is 2.63 bits per heavy atom. The zero-order chi connectivity index (χ0) is 14.2. The third-order valence-corrected chi connectivity index (χ3v) is 3.53. The molecule has 104 valence electrons. The number of benzene rings is 1. The van der Waals surface area contributed by atoms with Gasteiger partial charge in [0.25, 0.3) is 0 Å². The van der Waals surface area contributed by atoms with Crippen LogP contribution >= 0.6 is 0 Å². The molecule has 1 atom stereocenters. The highest BCUT2D eigenvalue weighted by atomic mass is 19.4. The largest absolute Gasteiger partial charge is 0.416 e.